The van der Waals surface area contributed by atoms with Gasteiger partial charge in [-0.3, -0.25) is 19.7 Å². The second-order valence-electron chi connectivity index (χ2n) is 2.69. The number of carbonyl (C=O) groups excluding carboxylic acids is 2. The van der Waals surface area contributed by atoms with Gasteiger partial charge in [-0.25, -0.2) is 0 Å². The fourth-order valence-electron chi connectivity index (χ4n) is 1.08. The summed E-state index contributed by atoms with van der Waals surface area (Å²) in [6, 6.07) is 4.03. The molecule has 0 heterocycles. The standard InChI is InChI=1S/C10H7NO4/c12-5-1-2-9-4-3-8(7-13)6-10(9)11(14)15/h1-7H. The second kappa shape index (κ2) is 4.80. The average Bonchev–Trinajstić information content (AvgIpc) is 2.26. The first-order valence-electron chi connectivity index (χ1n) is 4.04. The minimum atomic E-state index is -0.600. The van der Waals surface area contributed by atoms with E-state index in [-0.39, 0.29) is 16.8 Å². The van der Waals surface area contributed by atoms with Crippen LogP contribution in [0.4, 0.5) is 5.69 Å². The molecule has 76 valence electrons. The molecule has 15 heavy (non-hydrogen) atoms. The number of allylic oxidation sites excluding steroid dienone is 1. The van der Waals surface area contributed by atoms with Crippen LogP contribution in [-0.4, -0.2) is 17.5 Å². The van der Waals surface area contributed by atoms with Gasteiger partial charge in [0.05, 0.1) is 10.5 Å². The van der Waals surface area contributed by atoms with Gasteiger partial charge in [-0.05, 0) is 18.2 Å². The fourth-order valence-corrected chi connectivity index (χ4v) is 1.08. The van der Waals surface area contributed by atoms with Crippen molar-refractivity contribution < 1.29 is 14.5 Å². The lowest BCUT2D eigenvalue weighted by Crippen LogP contribution is -1.93. The normalized spacial score (nSPS) is 10.1. The largest absolute Gasteiger partial charge is 0.299 e. The van der Waals surface area contributed by atoms with Crippen molar-refractivity contribution in [3.8, 4) is 0 Å². The van der Waals surface area contributed by atoms with Gasteiger partial charge in [-0.2, -0.15) is 0 Å². The van der Waals surface area contributed by atoms with Crippen LogP contribution in [0.5, 0.6) is 0 Å². The zero-order chi connectivity index (χ0) is 11.3. The van der Waals surface area contributed by atoms with E-state index in [0.717, 1.165) is 12.1 Å². The van der Waals surface area contributed by atoms with Crippen LogP contribution in [0.2, 0.25) is 0 Å². The van der Waals surface area contributed by atoms with Gasteiger partial charge in [0, 0.05) is 11.6 Å². The molecule has 0 atom stereocenters. The number of hydrogen-bond donors (Lipinski definition) is 0. The molecule has 5 heteroatoms. The Morgan fingerprint density at radius 1 is 1.27 bits per heavy atom. The Hall–Kier alpha value is -2.30. The molecule has 0 radical (unpaired) electrons. The highest BCUT2D eigenvalue weighted by atomic mass is 16.6. The summed E-state index contributed by atoms with van der Waals surface area (Å²) in [5.74, 6) is 0. The van der Waals surface area contributed by atoms with Crippen molar-refractivity contribution >= 4 is 24.3 Å². The fraction of sp³-hybridized carbons (Fsp3) is 0. The number of nitro benzene ring substituents is 1. The molecule has 0 fully saturated rings. The SMILES string of the molecule is O=CC=Cc1ccc(C=O)cc1[N+](=O)[O-]. The van der Waals surface area contributed by atoms with Crippen LogP contribution in [0, 0.1) is 10.1 Å². The van der Waals surface area contributed by atoms with Crippen LogP contribution in [0.3, 0.4) is 0 Å². The van der Waals surface area contributed by atoms with Gasteiger partial charge in [0.25, 0.3) is 5.69 Å². The predicted octanol–water partition coefficient (Wildman–Crippen LogP) is 1.62. The zero-order valence-electron chi connectivity index (χ0n) is 7.62. The smallest absolute Gasteiger partial charge is 0.277 e. The summed E-state index contributed by atoms with van der Waals surface area (Å²) in [5.41, 5.74) is 0.320. The van der Waals surface area contributed by atoms with E-state index in [1.807, 2.05) is 0 Å². The molecule has 0 N–H and O–H groups in total. The molecule has 0 aromatic heterocycles. The Morgan fingerprint density at radius 3 is 2.53 bits per heavy atom. The monoisotopic (exact) mass is 205 g/mol. The number of aldehydes is 2. The summed E-state index contributed by atoms with van der Waals surface area (Å²) < 4.78 is 0. The number of carbonyl (C=O) groups is 2. The molecule has 1 aromatic carbocycles. The van der Waals surface area contributed by atoms with Crippen LogP contribution in [0.1, 0.15) is 15.9 Å². The molecule has 1 rings (SSSR count). The maximum atomic E-state index is 10.6. The third kappa shape index (κ3) is 2.57. The molecule has 0 aliphatic carbocycles. The van der Waals surface area contributed by atoms with Crippen LogP contribution in [0.15, 0.2) is 24.3 Å². The molecule has 1 aromatic rings. The minimum Gasteiger partial charge on any atom is -0.299 e. The topological polar surface area (TPSA) is 77.3 Å². The molecule has 0 aliphatic heterocycles. The Morgan fingerprint density at radius 2 is 2.00 bits per heavy atom. The molecular formula is C10H7NO4. The van der Waals surface area contributed by atoms with E-state index in [1.165, 1.54) is 18.2 Å². The summed E-state index contributed by atoms with van der Waals surface area (Å²) in [4.78, 5) is 30.5. The van der Waals surface area contributed by atoms with Gasteiger partial charge in [0.1, 0.15) is 12.6 Å². The van der Waals surface area contributed by atoms with Gasteiger partial charge in [-0.1, -0.05) is 6.07 Å². The number of nitro groups is 1. The molecule has 0 amide bonds. The number of benzene rings is 1. The predicted molar refractivity (Wildman–Crippen MR) is 53.6 cm³/mol. The summed E-state index contributed by atoms with van der Waals surface area (Å²) in [5, 5.41) is 10.6. The number of hydrogen-bond acceptors (Lipinski definition) is 4. The lowest BCUT2D eigenvalue weighted by Gasteiger charge is -1.97. The van der Waals surface area contributed by atoms with Crippen molar-refractivity contribution in [3.05, 3.63) is 45.5 Å². The molecule has 0 saturated carbocycles. The van der Waals surface area contributed by atoms with Gasteiger partial charge in [0.15, 0.2) is 0 Å². The zero-order valence-corrected chi connectivity index (χ0v) is 7.62. The first-order valence-corrected chi connectivity index (χ1v) is 4.04. The Balaban J connectivity index is 3.26. The van der Waals surface area contributed by atoms with Crippen molar-refractivity contribution in [3.63, 3.8) is 0 Å². The van der Waals surface area contributed by atoms with Crippen LogP contribution in [-0.2, 0) is 4.79 Å². The maximum absolute atomic E-state index is 10.6. The van der Waals surface area contributed by atoms with E-state index in [9.17, 15) is 19.7 Å². The van der Waals surface area contributed by atoms with Crippen LogP contribution in [0.25, 0.3) is 6.08 Å². The van der Waals surface area contributed by atoms with Crippen molar-refractivity contribution in [1.82, 2.24) is 0 Å². The summed E-state index contributed by atoms with van der Waals surface area (Å²) >= 11 is 0. The van der Waals surface area contributed by atoms with Crippen molar-refractivity contribution in [2.24, 2.45) is 0 Å². The second-order valence-corrected chi connectivity index (χ2v) is 2.69. The highest BCUT2D eigenvalue weighted by Gasteiger charge is 2.11. The van der Waals surface area contributed by atoms with Gasteiger partial charge >= 0.3 is 0 Å². The molecule has 0 aliphatic rings. The van der Waals surface area contributed by atoms with Crippen molar-refractivity contribution in [2.75, 3.05) is 0 Å². The minimum absolute atomic E-state index is 0.197. The Bertz CT molecular complexity index is 437. The Kier molecular flexibility index (Phi) is 3.45. The molecule has 5 nitrogen and oxygen atoms in total. The third-order valence-corrected chi connectivity index (χ3v) is 1.74. The molecule has 0 saturated heterocycles. The van der Waals surface area contributed by atoms with Gasteiger partial charge in [0.2, 0.25) is 0 Å². The van der Waals surface area contributed by atoms with Crippen LogP contribution >= 0.6 is 0 Å². The van der Waals surface area contributed by atoms with Gasteiger partial charge < -0.3 is 0 Å². The number of rotatable bonds is 4. The Labute approximate surface area is 85.2 Å². The third-order valence-electron chi connectivity index (χ3n) is 1.74. The first kappa shape index (κ1) is 10.8. The van der Waals surface area contributed by atoms with E-state index >= 15 is 0 Å². The summed E-state index contributed by atoms with van der Waals surface area (Å²) in [6.45, 7) is 0. The quantitative estimate of drug-likeness (QED) is 0.324. The average molecular weight is 205 g/mol. The summed E-state index contributed by atoms with van der Waals surface area (Å²) in [6.07, 6.45) is 3.53. The van der Waals surface area contributed by atoms with E-state index < -0.39 is 4.92 Å². The van der Waals surface area contributed by atoms with Crippen molar-refractivity contribution in [2.45, 2.75) is 0 Å². The van der Waals surface area contributed by atoms with E-state index in [4.69, 9.17) is 0 Å². The molecule has 0 bridgehead atoms. The lowest BCUT2D eigenvalue weighted by atomic mass is 10.1. The van der Waals surface area contributed by atoms with Crippen molar-refractivity contribution in [1.29, 1.82) is 0 Å². The highest BCUT2D eigenvalue weighted by molar-refractivity contribution is 5.80. The van der Waals surface area contributed by atoms with E-state index in [1.54, 1.807) is 0 Å². The number of nitrogens with zero attached hydrogens (tertiary/aromatic N) is 1. The first-order chi connectivity index (χ1) is 7.19. The van der Waals surface area contributed by atoms with Gasteiger partial charge in [-0.15, -0.1) is 0 Å². The van der Waals surface area contributed by atoms with Crippen LogP contribution < -0.4 is 0 Å². The highest BCUT2D eigenvalue weighted by Crippen LogP contribution is 2.20. The molecule has 0 spiro atoms. The molecule has 0 unspecified atom stereocenters. The summed E-state index contributed by atoms with van der Waals surface area (Å²) in [7, 11) is 0. The molecular weight excluding hydrogens is 198 g/mol. The maximum Gasteiger partial charge on any atom is 0.277 e. The van der Waals surface area contributed by atoms with E-state index in [0.29, 0.717) is 12.6 Å². The van der Waals surface area contributed by atoms with E-state index in [2.05, 4.69) is 0 Å². The lowest BCUT2D eigenvalue weighted by molar-refractivity contribution is -0.385.